The second-order valence-corrected chi connectivity index (χ2v) is 8.01. The van der Waals surface area contributed by atoms with Crippen molar-refractivity contribution in [3.63, 3.8) is 0 Å². The molecule has 24 heavy (non-hydrogen) atoms. The molecule has 3 heteroatoms. The fraction of sp³-hybridized carbons (Fsp3) is 0.429. The van der Waals surface area contributed by atoms with Gasteiger partial charge in [0.25, 0.3) is 0 Å². The number of nitrogens with zero attached hydrogens (tertiary/aromatic N) is 1. The minimum atomic E-state index is 0. The Labute approximate surface area is 155 Å². The zero-order valence-electron chi connectivity index (χ0n) is 14.1. The van der Waals surface area contributed by atoms with E-state index in [1.165, 1.54) is 54.8 Å². The lowest BCUT2D eigenvalue weighted by Crippen LogP contribution is -2.28. The lowest BCUT2D eigenvalue weighted by Gasteiger charge is -2.21. The van der Waals surface area contributed by atoms with Crippen molar-refractivity contribution < 1.29 is 0 Å². The van der Waals surface area contributed by atoms with Crippen LogP contribution >= 0.6 is 23.7 Å². The Bertz CT molecular complexity index is 628. The first-order valence-electron chi connectivity index (χ1n) is 8.90. The first kappa shape index (κ1) is 17.7. The molecule has 0 atom stereocenters. The summed E-state index contributed by atoms with van der Waals surface area (Å²) in [5.74, 6) is 1.90. The Morgan fingerprint density at radius 1 is 0.958 bits per heavy atom. The molecule has 3 aliphatic rings. The third kappa shape index (κ3) is 4.11. The van der Waals surface area contributed by atoms with E-state index in [4.69, 9.17) is 0 Å². The smallest absolute Gasteiger partial charge is 0.0345 e. The van der Waals surface area contributed by atoms with Gasteiger partial charge in [-0.25, -0.2) is 0 Å². The molecule has 1 nitrogen and oxygen atoms in total. The maximum absolute atomic E-state index is 2.70. The second kappa shape index (κ2) is 8.33. The van der Waals surface area contributed by atoms with E-state index in [0.29, 0.717) is 0 Å². The minimum absolute atomic E-state index is 0. The summed E-state index contributed by atoms with van der Waals surface area (Å²) in [5.41, 5.74) is 2.74. The molecule has 2 aromatic rings. The van der Waals surface area contributed by atoms with E-state index in [-0.39, 0.29) is 12.4 Å². The molecule has 2 aliphatic heterocycles. The summed E-state index contributed by atoms with van der Waals surface area (Å²) in [7, 11) is 0. The Morgan fingerprint density at radius 3 is 2.21 bits per heavy atom. The molecule has 0 N–H and O–H groups in total. The molecule has 0 spiro atoms. The van der Waals surface area contributed by atoms with Gasteiger partial charge in [0.1, 0.15) is 0 Å². The van der Waals surface area contributed by atoms with E-state index < -0.39 is 0 Å². The quantitative estimate of drug-likeness (QED) is 0.674. The van der Waals surface area contributed by atoms with Crippen molar-refractivity contribution in [2.45, 2.75) is 25.7 Å². The van der Waals surface area contributed by atoms with Crippen LogP contribution in [0.25, 0.3) is 5.57 Å². The van der Waals surface area contributed by atoms with Gasteiger partial charge in [-0.05, 0) is 60.1 Å². The van der Waals surface area contributed by atoms with Crippen molar-refractivity contribution in [1.29, 1.82) is 0 Å². The largest absolute Gasteiger partial charge is 0.299 e. The highest BCUT2D eigenvalue weighted by Gasteiger charge is 2.28. The minimum Gasteiger partial charge on any atom is -0.299 e. The van der Waals surface area contributed by atoms with Gasteiger partial charge in [0.2, 0.25) is 0 Å². The van der Waals surface area contributed by atoms with Gasteiger partial charge in [-0.1, -0.05) is 42.5 Å². The Morgan fingerprint density at radius 2 is 1.62 bits per heavy atom. The van der Waals surface area contributed by atoms with Crippen molar-refractivity contribution in [2.75, 3.05) is 19.6 Å². The summed E-state index contributed by atoms with van der Waals surface area (Å²) in [6.45, 7) is 3.70. The van der Waals surface area contributed by atoms with Crippen LogP contribution in [0.15, 0.2) is 53.9 Å². The number of hydrogen-bond donors (Lipinski definition) is 0. The first-order chi connectivity index (χ1) is 11.4. The lowest BCUT2D eigenvalue weighted by atomic mass is 9.84. The SMILES string of the molecule is C(/CN1CC2CCC(CC2)C1)=C(/c1ccccc1)c1cccs1.Cl. The summed E-state index contributed by atoms with van der Waals surface area (Å²) in [6, 6.07) is 15.3. The van der Waals surface area contributed by atoms with Gasteiger partial charge in [0.05, 0.1) is 0 Å². The van der Waals surface area contributed by atoms with Crippen LogP contribution in [-0.4, -0.2) is 24.5 Å². The molecule has 3 fully saturated rings. The Hall–Kier alpha value is -1.09. The van der Waals surface area contributed by atoms with Crippen LogP contribution in [0.1, 0.15) is 36.1 Å². The highest BCUT2D eigenvalue weighted by atomic mass is 35.5. The van der Waals surface area contributed by atoms with Gasteiger partial charge in [-0.15, -0.1) is 23.7 Å². The van der Waals surface area contributed by atoms with Crippen LogP contribution in [0, 0.1) is 11.8 Å². The van der Waals surface area contributed by atoms with Gasteiger partial charge in [0.15, 0.2) is 0 Å². The summed E-state index contributed by atoms with van der Waals surface area (Å²) in [6.07, 6.45) is 8.30. The summed E-state index contributed by atoms with van der Waals surface area (Å²) >= 11 is 1.84. The maximum Gasteiger partial charge on any atom is 0.0345 e. The van der Waals surface area contributed by atoms with Crippen molar-refractivity contribution in [3.8, 4) is 0 Å². The third-order valence-corrected chi connectivity index (χ3v) is 6.33. The Kier molecular flexibility index (Phi) is 6.15. The van der Waals surface area contributed by atoms with Crippen LogP contribution < -0.4 is 0 Å². The molecule has 2 saturated heterocycles. The number of rotatable bonds is 4. The molecular weight excluding hydrogens is 334 g/mol. The number of fused-ring (bicyclic) bond motifs is 4. The van der Waals surface area contributed by atoms with E-state index in [1.54, 1.807) is 0 Å². The zero-order valence-corrected chi connectivity index (χ0v) is 15.7. The lowest BCUT2D eigenvalue weighted by molar-refractivity contribution is 0.279. The number of benzene rings is 1. The van der Waals surface area contributed by atoms with Crippen LogP contribution in [0.3, 0.4) is 0 Å². The fourth-order valence-corrected chi connectivity index (χ4v) is 4.97. The highest BCUT2D eigenvalue weighted by molar-refractivity contribution is 7.11. The average molecular weight is 360 g/mol. The van der Waals surface area contributed by atoms with Crippen LogP contribution in [0.5, 0.6) is 0 Å². The van der Waals surface area contributed by atoms with E-state index in [0.717, 1.165) is 18.4 Å². The number of halogens is 1. The molecule has 1 aromatic carbocycles. The van der Waals surface area contributed by atoms with Crippen LogP contribution in [0.4, 0.5) is 0 Å². The highest BCUT2D eigenvalue weighted by Crippen LogP contribution is 2.34. The standard InChI is InChI=1S/C21H25NS.ClH/c1-2-5-19(6-3-1)20(21-7-4-14-23-21)12-13-22-15-17-8-9-18(16-22)11-10-17;/h1-7,12,14,17-18H,8-11,13,15-16H2;1H/b20-12+;. The fourth-order valence-electron chi connectivity index (χ4n) is 4.18. The molecule has 0 amide bonds. The van der Waals surface area contributed by atoms with Gasteiger partial charge in [-0.2, -0.15) is 0 Å². The molecule has 1 aliphatic carbocycles. The Balaban J connectivity index is 0.00000169. The molecule has 3 heterocycles. The van der Waals surface area contributed by atoms with Crippen LogP contribution in [-0.2, 0) is 0 Å². The molecule has 0 unspecified atom stereocenters. The number of thiophene rings is 1. The number of hydrogen-bond acceptors (Lipinski definition) is 2. The summed E-state index contributed by atoms with van der Waals surface area (Å²) < 4.78 is 0. The van der Waals surface area contributed by atoms with E-state index in [2.05, 4.69) is 58.8 Å². The first-order valence-corrected chi connectivity index (χ1v) is 9.78. The molecule has 128 valence electrons. The predicted molar refractivity (Wildman–Crippen MR) is 107 cm³/mol. The van der Waals surface area contributed by atoms with Gasteiger partial charge in [-0.3, -0.25) is 4.90 Å². The molecule has 5 rings (SSSR count). The second-order valence-electron chi connectivity index (χ2n) is 7.07. The average Bonchev–Trinajstić information content (AvgIpc) is 2.96. The molecular formula is C21H26ClNS. The van der Waals surface area contributed by atoms with Crippen molar-refractivity contribution >= 4 is 29.3 Å². The zero-order chi connectivity index (χ0) is 15.5. The predicted octanol–water partition coefficient (Wildman–Crippen LogP) is 5.72. The summed E-state index contributed by atoms with van der Waals surface area (Å²) in [4.78, 5) is 4.08. The van der Waals surface area contributed by atoms with Crippen molar-refractivity contribution in [3.05, 3.63) is 64.4 Å². The van der Waals surface area contributed by atoms with Crippen LogP contribution in [0.2, 0.25) is 0 Å². The van der Waals surface area contributed by atoms with Gasteiger partial charge in [0, 0.05) is 24.5 Å². The summed E-state index contributed by atoms with van der Waals surface area (Å²) in [5, 5.41) is 2.18. The van der Waals surface area contributed by atoms with Crippen molar-refractivity contribution in [1.82, 2.24) is 4.90 Å². The van der Waals surface area contributed by atoms with Crippen molar-refractivity contribution in [2.24, 2.45) is 11.8 Å². The molecule has 1 aromatic heterocycles. The van der Waals surface area contributed by atoms with E-state index >= 15 is 0 Å². The third-order valence-electron chi connectivity index (χ3n) is 5.42. The topological polar surface area (TPSA) is 3.24 Å². The monoisotopic (exact) mass is 359 g/mol. The van der Waals surface area contributed by atoms with E-state index in [9.17, 15) is 0 Å². The normalized spacial score (nSPS) is 24.4. The molecule has 0 radical (unpaired) electrons. The molecule has 2 bridgehead atoms. The van der Waals surface area contributed by atoms with Gasteiger partial charge >= 0.3 is 0 Å². The molecule has 1 saturated carbocycles. The maximum atomic E-state index is 2.70. The van der Waals surface area contributed by atoms with Gasteiger partial charge < -0.3 is 0 Å². The van der Waals surface area contributed by atoms with E-state index in [1.807, 2.05) is 11.3 Å².